The van der Waals surface area contributed by atoms with E-state index in [1.54, 1.807) is 25.4 Å². The van der Waals surface area contributed by atoms with Crippen LogP contribution in [0.2, 0.25) is 0 Å². The molecule has 1 aromatic heterocycles. The fourth-order valence-corrected chi connectivity index (χ4v) is 2.23. The first-order chi connectivity index (χ1) is 9.26. The van der Waals surface area contributed by atoms with Crippen LogP contribution >= 0.6 is 0 Å². The number of hydrogen-bond donors (Lipinski definition) is 2. The number of aromatic nitrogens is 1. The van der Waals surface area contributed by atoms with Crippen LogP contribution in [0.1, 0.15) is 30.1 Å². The quantitative estimate of drug-likeness (QED) is 0.778. The fourth-order valence-electron chi connectivity index (χ4n) is 2.23. The van der Waals surface area contributed by atoms with Crippen LogP contribution in [0.15, 0.2) is 18.3 Å². The van der Waals surface area contributed by atoms with Gasteiger partial charge in [0.2, 0.25) is 0 Å². The Morgan fingerprint density at radius 1 is 1.53 bits per heavy atom. The van der Waals surface area contributed by atoms with Crippen molar-refractivity contribution >= 4 is 11.7 Å². The molecule has 1 amide bonds. The van der Waals surface area contributed by atoms with Gasteiger partial charge in [0.25, 0.3) is 5.91 Å². The molecule has 0 aromatic carbocycles. The maximum atomic E-state index is 12.1. The standard InChI is InChI=1S/C14H22N4O/c1-3-18(11-6-7-11)10-9-17-14(19)12-5-4-8-16-13(12)15-2/h4-5,8,11H,3,6-7,9-10H2,1-2H3,(H,15,16)(H,17,19). The van der Waals surface area contributed by atoms with Crippen LogP contribution in [-0.4, -0.2) is 48.5 Å². The highest BCUT2D eigenvalue weighted by Gasteiger charge is 2.27. The number of carbonyl (C=O) groups is 1. The van der Waals surface area contributed by atoms with Gasteiger partial charge in [-0.2, -0.15) is 0 Å². The van der Waals surface area contributed by atoms with Crippen molar-refractivity contribution < 1.29 is 4.79 Å². The third-order valence-electron chi connectivity index (χ3n) is 3.44. The Balaban J connectivity index is 1.83. The second-order valence-corrected chi connectivity index (χ2v) is 4.77. The van der Waals surface area contributed by atoms with E-state index in [1.807, 2.05) is 0 Å². The lowest BCUT2D eigenvalue weighted by Crippen LogP contribution is -2.36. The van der Waals surface area contributed by atoms with Crippen molar-refractivity contribution in [2.24, 2.45) is 0 Å². The highest BCUT2D eigenvalue weighted by atomic mass is 16.1. The molecular weight excluding hydrogens is 240 g/mol. The minimum atomic E-state index is -0.0655. The summed E-state index contributed by atoms with van der Waals surface area (Å²) in [6.45, 7) is 4.82. The molecule has 1 aliphatic carbocycles. The van der Waals surface area contributed by atoms with Gasteiger partial charge in [0.1, 0.15) is 5.82 Å². The molecule has 0 spiro atoms. The van der Waals surface area contributed by atoms with Gasteiger partial charge in [0.15, 0.2) is 0 Å². The number of pyridine rings is 1. The lowest BCUT2D eigenvalue weighted by atomic mass is 10.2. The lowest BCUT2D eigenvalue weighted by Gasteiger charge is -2.19. The van der Waals surface area contributed by atoms with Crippen molar-refractivity contribution in [1.82, 2.24) is 15.2 Å². The molecule has 0 unspecified atom stereocenters. The molecule has 0 atom stereocenters. The van der Waals surface area contributed by atoms with Crippen LogP contribution in [0.25, 0.3) is 0 Å². The third-order valence-corrected chi connectivity index (χ3v) is 3.44. The Morgan fingerprint density at radius 2 is 2.32 bits per heavy atom. The van der Waals surface area contributed by atoms with E-state index >= 15 is 0 Å². The van der Waals surface area contributed by atoms with Gasteiger partial charge in [0, 0.05) is 32.4 Å². The summed E-state index contributed by atoms with van der Waals surface area (Å²) in [6.07, 6.45) is 4.27. The Labute approximate surface area is 114 Å². The molecule has 19 heavy (non-hydrogen) atoms. The van der Waals surface area contributed by atoms with Crippen molar-refractivity contribution in [3.8, 4) is 0 Å². The highest BCUT2D eigenvalue weighted by molar-refractivity contribution is 5.98. The van der Waals surface area contributed by atoms with Crippen LogP contribution < -0.4 is 10.6 Å². The van der Waals surface area contributed by atoms with Gasteiger partial charge in [-0.3, -0.25) is 9.69 Å². The van der Waals surface area contributed by atoms with Gasteiger partial charge < -0.3 is 10.6 Å². The van der Waals surface area contributed by atoms with E-state index < -0.39 is 0 Å². The first-order valence-corrected chi connectivity index (χ1v) is 6.91. The summed E-state index contributed by atoms with van der Waals surface area (Å²) in [5.74, 6) is 0.554. The number of nitrogens with zero attached hydrogens (tertiary/aromatic N) is 2. The number of carbonyl (C=O) groups excluding carboxylic acids is 1. The molecule has 2 N–H and O–H groups in total. The normalized spacial score (nSPS) is 14.5. The summed E-state index contributed by atoms with van der Waals surface area (Å²) in [5.41, 5.74) is 0.597. The predicted molar refractivity (Wildman–Crippen MR) is 76.4 cm³/mol. The SMILES string of the molecule is CCN(CCNC(=O)c1cccnc1NC)C1CC1. The van der Waals surface area contributed by atoms with Crippen molar-refractivity contribution in [1.29, 1.82) is 0 Å². The lowest BCUT2D eigenvalue weighted by molar-refractivity contribution is 0.0948. The summed E-state index contributed by atoms with van der Waals surface area (Å²) in [5, 5.41) is 5.89. The van der Waals surface area contributed by atoms with Crippen LogP contribution in [-0.2, 0) is 0 Å². The molecular formula is C14H22N4O. The first-order valence-electron chi connectivity index (χ1n) is 6.91. The van der Waals surface area contributed by atoms with Crippen LogP contribution in [0, 0.1) is 0 Å². The van der Waals surface area contributed by atoms with E-state index in [-0.39, 0.29) is 5.91 Å². The molecule has 104 valence electrons. The van der Waals surface area contributed by atoms with Gasteiger partial charge in [0.05, 0.1) is 5.56 Å². The second-order valence-electron chi connectivity index (χ2n) is 4.77. The Bertz CT molecular complexity index is 431. The van der Waals surface area contributed by atoms with Crippen LogP contribution in [0.3, 0.4) is 0 Å². The van der Waals surface area contributed by atoms with Gasteiger partial charge >= 0.3 is 0 Å². The Morgan fingerprint density at radius 3 is 2.95 bits per heavy atom. The fraction of sp³-hybridized carbons (Fsp3) is 0.571. The van der Waals surface area contributed by atoms with Gasteiger partial charge in [-0.1, -0.05) is 6.92 Å². The van der Waals surface area contributed by atoms with Crippen molar-refractivity contribution in [2.75, 3.05) is 32.0 Å². The molecule has 1 saturated carbocycles. The zero-order valence-electron chi connectivity index (χ0n) is 11.6. The molecule has 1 aliphatic rings. The minimum Gasteiger partial charge on any atom is -0.372 e. The highest BCUT2D eigenvalue weighted by Crippen LogP contribution is 2.25. The zero-order valence-corrected chi connectivity index (χ0v) is 11.6. The summed E-state index contributed by atoms with van der Waals surface area (Å²) in [6, 6.07) is 4.30. The van der Waals surface area contributed by atoms with Gasteiger partial charge in [-0.15, -0.1) is 0 Å². The summed E-state index contributed by atoms with van der Waals surface area (Å²) in [7, 11) is 1.77. The number of likely N-dealkylation sites (N-methyl/N-ethyl adjacent to an activating group) is 1. The van der Waals surface area contributed by atoms with E-state index in [0.29, 0.717) is 17.9 Å². The molecule has 5 heteroatoms. The van der Waals surface area contributed by atoms with E-state index in [9.17, 15) is 4.79 Å². The van der Waals surface area contributed by atoms with E-state index in [2.05, 4.69) is 27.4 Å². The number of rotatable bonds is 7. The van der Waals surface area contributed by atoms with Crippen LogP contribution in [0.4, 0.5) is 5.82 Å². The largest absolute Gasteiger partial charge is 0.372 e. The van der Waals surface area contributed by atoms with E-state index in [0.717, 1.165) is 19.1 Å². The first kappa shape index (κ1) is 13.8. The minimum absolute atomic E-state index is 0.0655. The molecule has 2 rings (SSSR count). The number of amides is 1. The molecule has 0 bridgehead atoms. The predicted octanol–water partition coefficient (Wildman–Crippen LogP) is 1.34. The molecule has 5 nitrogen and oxygen atoms in total. The van der Waals surface area contributed by atoms with Gasteiger partial charge in [-0.05, 0) is 31.5 Å². The molecule has 1 aromatic rings. The summed E-state index contributed by atoms with van der Waals surface area (Å²) in [4.78, 5) is 18.6. The molecule has 1 heterocycles. The number of nitrogens with one attached hydrogen (secondary N) is 2. The number of anilines is 1. The van der Waals surface area contributed by atoms with Gasteiger partial charge in [-0.25, -0.2) is 4.98 Å². The van der Waals surface area contributed by atoms with Crippen molar-refractivity contribution in [3.63, 3.8) is 0 Å². The monoisotopic (exact) mass is 262 g/mol. The average molecular weight is 262 g/mol. The topological polar surface area (TPSA) is 57.3 Å². The van der Waals surface area contributed by atoms with E-state index in [4.69, 9.17) is 0 Å². The third kappa shape index (κ3) is 3.67. The average Bonchev–Trinajstić information content (AvgIpc) is 3.28. The Kier molecular flexibility index (Phi) is 4.74. The molecule has 0 saturated heterocycles. The van der Waals surface area contributed by atoms with Crippen molar-refractivity contribution in [3.05, 3.63) is 23.9 Å². The molecule has 1 fully saturated rings. The van der Waals surface area contributed by atoms with E-state index in [1.165, 1.54) is 12.8 Å². The summed E-state index contributed by atoms with van der Waals surface area (Å²) >= 11 is 0. The Hall–Kier alpha value is -1.62. The maximum absolute atomic E-state index is 12.1. The smallest absolute Gasteiger partial charge is 0.255 e. The zero-order chi connectivity index (χ0) is 13.7. The summed E-state index contributed by atoms with van der Waals surface area (Å²) < 4.78 is 0. The second kappa shape index (κ2) is 6.52. The van der Waals surface area contributed by atoms with Crippen molar-refractivity contribution in [2.45, 2.75) is 25.8 Å². The molecule has 0 radical (unpaired) electrons. The maximum Gasteiger partial charge on any atom is 0.255 e. The van der Waals surface area contributed by atoms with Crippen LogP contribution in [0.5, 0.6) is 0 Å². The molecule has 0 aliphatic heterocycles. The number of hydrogen-bond acceptors (Lipinski definition) is 4.